The van der Waals surface area contributed by atoms with E-state index in [1.165, 1.54) is 17.5 Å². The SMILES string of the molecule is SCN1CCc2ccccc2C1. The maximum Gasteiger partial charge on any atom is 0.0417 e. The molecule has 0 saturated heterocycles. The van der Waals surface area contributed by atoms with Gasteiger partial charge < -0.3 is 0 Å². The largest absolute Gasteiger partial charge is 0.290 e. The Balaban J connectivity index is 2.23. The Labute approximate surface area is 78.8 Å². The lowest BCUT2D eigenvalue weighted by atomic mass is 10.0. The van der Waals surface area contributed by atoms with Crippen LogP contribution in [0.1, 0.15) is 11.1 Å². The second-order valence-electron chi connectivity index (χ2n) is 3.21. The predicted molar refractivity (Wildman–Crippen MR) is 54.4 cm³/mol. The molecule has 0 unspecified atom stereocenters. The third-order valence-electron chi connectivity index (χ3n) is 2.41. The molecule has 12 heavy (non-hydrogen) atoms. The highest BCUT2D eigenvalue weighted by Gasteiger charge is 2.13. The van der Waals surface area contributed by atoms with Crippen molar-refractivity contribution in [3.05, 3.63) is 35.4 Å². The topological polar surface area (TPSA) is 3.24 Å². The fourth-order valence-corrected chi connectivity index (χ4v) is 1.92. The van der Waals surface area contributed by atoms with Gasteiger partial charge in [-0.2, -0.15) is 12.6 Å². The molecular formula is C10H13NS. The quantitative estimate of drug-likeness (QED) is 0.645. The van der Waals surface area contributed by atoms with E-state index in [1.54, 1.807) is 0 Å². The molecule has 0 N–H and O–H groups in total. The minimum absolute atomic E-state index is 0.869. The van der Waals surface area contributed by atoms with E-state index < -0.39 is 0 Å². The standard InChI is InChI=1S/C10H13NS/c12-8-11-6-5-9-3-1-2-4-10(9)7-11/h1-4,12H,5-8H2. The summed E-state index contributed by atoms with van der Waals surface area (Å²) in [6.07, 6.45) is 1.18. The van der Waals surface area contributed by atoms with Crippen molar-refractivity contribution in [1.82, 2.24) is 4.90 Å². The molecule has 0 fully saturated rings. The van der Waals surface area contributed by atoms with Gasteiger partial charge >= 0.3 is 0 Å². The van der Waals surface area contributed by atoms with E-state index in [0.717, 1.165) is 19.0 Å². The van der Waals surface area contributed by atoms with Crippen molar-refractivity contribution >= 4 is 12.6 Å². The van der Waals surface area contributed by atoms with Crippen LogP contribution in [0.3, 0.4) is 0 Å². The maximum atomic E-state index is 4.28. The van der Waals surface area contributed by atoms with Crippen molar-refractivity contribution in [2.24, 2.45) is 0 Å². The summed E-state index contributed by atoms with van der Waals surface area (Å²) in [7, 11) is 0. The van der Waals surface area contributed by atoms with Crippen molar-refractivity contribution in [3.8, 4) is 0 Å². The molecular weight excluding hydrogens is 166 g/mol. The summed E-state index contributed by atoms with van der Waals surface area (Å²) < 4.78 is 0. The Hall–Kier alpha value is -0.470. The predicted octanol–water partition coefficient (Wildman–Crippen LogP) is 1.93. The van der Waals surface area contributed by atoms with Gasteiger partial charge in [0.2, 0.25) is 0 Å². The van der Waals surface area contributed by atoms with Gasteiger partial charge in [-0.25, -0.2) is 0 Å². The summed E-state index contributed by atoms with van der Waals surface area (Å²) in [5.41, 5.74) is 2.98. The van der Waals surface area contributed by atoms with Gasteiger partial charge in [-0.05, 0) is 17.5 Å². The maximum absolute atomic E-state index is 4.28. The van der Waals surface area contributed by atoms with Gasteiger partial charge in [0.05, 0.1) is 0 Å². The minimum atomic E-state index is 0.869. The number of rotatable bonds is 1. The molecule has 0 saturated carbocycles. The van der Waals surface area contributed by atoms with Crippen LogP contribution in [0.4, 0.5) is 0 Å². The van der Waals surface area contributed by atoms with Crippen LogP contribution in [0, 0.1) is 0 Å². The zero-order chi connectivity index (χ0) is 8.39. The smallest absolute Gasteiger partial charge is 0.0417 e. The van der Waals surface area contributed by atoms with E-state index in [9.17, 15) is 0 Å². The fourth-order valence-electron chi connectivity index (χ4n) is 1.67. The van der Waals surface area contributed by atoms with E-state index in [2.05, 4.69) is 41.8 Å². The number of thiol groups is 1. The molecule has 0 spiro atoms. The first-order chi connectivity index (χ1) is 5.90. The summed E-state index contributed by atoms with van der Waals surface area (Å²) in [4.78, 5) is 2.35. The van der Waals surface area contributed by atoms with Crippen molar-refractivity contribution in [1.29, 1.82) is 0 Å². The lowest BCUT2D eigenvalue weighted by Crippen LogP contribution is -2.29. The first-order valence-corrected chi connectivity index (χ1v) is 4.93. The summed E-state index contributed by atoms with van der Waals surface area (Å²) in [6, 6.07) is 8.67. The van der Waals surface area contributed by atoms with E-state index in [0.29, 0.717) is 0 Å². The molecule has 0 aliphatic carbocycles. The van der Waals surface area contributed by atoms with Crippen LogP contribution in [-0.2, 0) is 13.0 Å². The van der Waals surface area contributed by atoms with Crippen molar-refractivity contribution in [3.63, 3.8) is 0 Å². The summed E-state index contributed by atoms with van der Waals surface area (Å²) in [6.45, 7) is 2.22. The van der Waals surface area contributed by atoms with Crippen LogP contribution in [0.15, 0.2) is 24.3 Å². The number of hydrogen-bond acceptors (Lipinski definition) is 2. The molecule has 0 bridgehead atoms. The summed E-state index contributed by atoms with van der Waals surface area (Å²) in [5, 5.41) is 0. The molecule has 1 nitrogen and oxygen atoms in total. The van der Waals surface area contributed by atoms with Gasteiger partial charge in [0.15, 0.2) is 0 Å². The summed E-state index contributed by atoms with van der Waals surface area (Å²) in [5.74, 6) is 0.869. The van der Waals surface area contributed by atoms with Gasteiger partial charge in [-0.1, -0.05) is 24.3 Å². The summed E-state index contributed by atoms with van der Waals surface area (Å²) >= 11 is 4.28. The Bertz CT molecular complexity index is 272. The van der Waals surface area contributed by atoms with Crippen LogP contribution in [0.2, 0.25) is 0 Å². The normalized spacial score (nSPS) is 17.4. The molecule has 0 radical (unpaired) electrons. The van der Waals surface area contributed by atoms with E-state index >= 15 is 0 Å². The highest BCUT2D eigenvalue weighted by atomic mass is 32.1. The second kappa shape index (κ2) is 3.50. The average Bonchev–Trinajstić information content (AvgIpc) is 2.17. The van der Waals surface area contributed by atoms with Crippen molar-refractivity contribution < 1.29 is 0 Å². The van der Waals surface area contributed by atoms with E-state index in [4.69, 9.17) is 0 Å². The first-order valence-electron chi connectivity index (χ1n) is 4.30. The molecule has 2 rings (SSSR count). The molecule has 1 aromatic rings. The lowest BCUT2D eigenvalue weighted by Gasteiger charge is -2.26. The molecule has 1 aromatic carbocycles. The zero-order valence-corrected chi connectivity index (χ0v) is 7.93. The van der Waals surface area contributed by atoms with Gasteiger partial charge in [0.1, 0.15) is 0 Å². The molecule has 64 valence electrons. The van der Waals surface area contributed by atoms with Crippen molar-refractivity contribution in [2.45, 2.75) is 13.0 Å². The number of nitrogens with zero attached hydrogens (tertiary/aromatic N) is 1. The Morgan fingerprint density at radius 2 is 2.00 bits per heavy atom. The van der Waals surface area contributed by atoms with Crippen LogP contribution in [-0.4, -0.2) is 17.3 Å². The molecule has 0 aromatic heterocycles. The third kappa shape index (κ3) is 1.50. The minimum Gasteiger partial charge on any atom is -0.290 e. The molecule has 1 heterocycles. The molecule has 2 heteroatoms. The molecule has 1 aliphatic rings. The van der Waals surface area contributed by atoms with Gasteiger partial charge in [0, 0.05) is 19.0 Å². The Kier molecular flexibility index (Phi) is 2.38. The Morgan fingerprint density at radius 3 is 2.75 bits per heavy atom. The highest BCUT2D eigenvalue weighted by Crippen LogP contribution is 2.18. The number of benzene rings is 1. The monoisotopic (exact) mass is 179 g/mol. The molecule has 0 atom stereocenters. The number of hydrogen-bond donors (Lipinski definition) is 1. The number of fused-ring (bicyclic) bond motifs is 1. The van der Waals surface area contributed by atoms with Crippen LogP contribution in [0.25, 0.3) is 0 Å². The van der Waals surface area contributed by atoms with Gasteiger partial charge in [-0.15, -0.1) is 0 Å². The van der Waals surface area contributed by atoms with Crippen LogP contribution < -0.4 is 0 Å². The third-order valence-corrected chi connectivity index (χ3v) is 2.81. The van der Waals surface area contributed by atoms with E-state index in [1.807, 2.05) is 0 Å². The molecule has 0 amide bonds. The van der Waals surface area contributed by atoms with E-state index in [-0.39, 0.29) is 0 Å². The Morgan fingerprint density at radius 1 is 1.25 bits per heavy atom. The first kappa shape index (κ1) is 8.14. The molecule has 1 aliphatic heterocycles. The van der Waals surface area contributed by atoms with Gasteiger partial charge in [0.25, 0.3) is 0 Å². The van der Waals surface area contributed by atoms with Gasteiger partial charge in [-0.3, -0.25) is 4.90 Å². The second-order valence-corrected chi connectivity index (χ2v) is 3.50. The average molecular weight is 179 g/mol. The fraction of sp³-hybridized carbons (Fsp3) is 0.400. The van der Waals surface area contributed by atoms with Crippen LogP contribution in [0.5, 0.6) is 0 Å². The lowest BCUT2D eigenvalue weighted by molar-refractivity contribution is 0.301. The highest BCUT2D eigenvalue weighted by molar-refractivity contribution is 7.80. The zero-order valence-electron chi connectivity index (χ0n) is 7.03. The van der Waals surface area contributed by atoms with Crippen molar-refractivity contribution in [2.75, 3.05) is 12.4 Å². The van der Waals surface area contributed by atoms with Crippen LogP contribution >= 0.6 is 12.6 Å².